The Kier molecular flexibility index (Phi) is 2.85. The fraction of sp³-hybridized carbons (Fsp3) is 0.375. The van der Waals surface area contributed by atoms with Crippen molar-refractivity contribution in [3.8, 4) is 0 Å². The van der Waals surface area contributed by atoms with E-state index in [2.05, 4.69) is 0 Å². The molecule has 0 bridgehead atoms. The summed E-state index contributed by atoms with van der Waals surface area (Å²) in [5, 5.41) is 10.4. The first-order chi connectivity index (χ1) is 6.57. The molecule has 76 valence electrons. The average molecular weight is 198 g/mol. The third kappa shape index (κ3) is 1.73. The van der Waals surface area contributed by atoms with E-state index in [1.807, 2.05) is 0 Å². The van der Waals surface area contributed by atoms with E-state index in [9.17, 15) is 14.9 Å². The lowest BCUT2D eigenvalue weighted by molar-refractivity contribution is -0.391. The summed E-state index contributed by atoms with van der Waals surface area (Å²) in [5.74, 6) is -0.684. The van der Waals surface area contributed by atoms with Crippen LogP contribution in [0.15, 0.2) is 12.1 Å². The number of ether oxygens (including phenoxy) is 1. The lowest BCUT2D eigenvalue weighted by Crippen LogP contribution is -2.10. The van der Waals surface area contributed by atoms with Gasteiger partial charge < -0.3 is 14.9 Å². The monoisotopic (exact) mass is 198 g/mol. The maximum absolute atomic E-state index is 11.2. The van der Waals surface area contributed by atoms with Crippen LogP contribution in [0.3, 0.4) is 0 Å². The normalized spacial score (nSPS) is 9.86. The third-order valence-corrected chi connectivity index (χ3v) is 1.77. The second-order valence-corrected chi connectivity index (χ2v) is 2.61. The fourth-order valence-corrected chi connectivity index (χ4v) is 1.09. The van der Waals surface area contributed by atoms with Crippen LogP contribution < -0.4 is 0 Å². The van der Waals surface area contributed by atoms with E-state index < -0.39 is 10.9 Å². The minimum atomic E-state index is -0.553. The zero-order chi connectivity index (χ0) is 10.7. The van der Waals surface area contributed by atoms with Gasteiger partial charge in [-0.15, -0.1) is 0 Å². The van der Waals surface area contributed by atoms with Gasteiger partial charge in [-0.05, 0) is 11.8 Å². The predicted octanol–water partition coefficient (Wildman–Crippen LogP) is 1.11. The zero-order valence-corrected chi connectivity index (χ0v) is 7.89. The molecule has 0 spiro atoms. The van der Waals surface area contributed by atoms with Crippen LogP contribution in [-0.4, -0.2) is 22.1 Å². The van der Waals surface area contributed by atoms with E-state index in [1.54, 1.807) is 6.92 Å². The van der Waals surface area contributed by atoms with Crippen molar-refractivity contribution in [3.63, 3.8) is 0 Å². The Labute approximate surface area is 80.2 Å². The molecule has 0 unspecified atom stereocenters. The fourth-order valence-electron chi connectivity index (χ4n) is 1.09. The molecule has 1 rings (SSSR count). The predicted molar refractivity (Wildman–Crippen MR) is 48.0 cm³/mol. The van der Waals surface area contributed by atoms with E-state index >= 15 is 0 Å². The molecule has 0 saturated heterocycles. The van der Waals surface area contributed by atoms with Crippen LogP contribution in [0.25, 0.3) is 0 Å². The molecule has 0 N–H and O–H groups in total. The van der Waals surface area contributed by atoms with E-state index in [0.29, 0.717) is 0 Å². The highest BCUT2D eigenvalue weighted by atomic mass is 16.6. The number of nitro groups is 1. The van der Waals surface area contributed by atoms with Crippen molar-refractivity contribution in [2.24, 2.45) is 7.05 Å². The highest BCUT2D eigenvalue weighted by Crippen LogP contribution is 2.15. The average Bonchev–Trinajstić information content (AvgIpc) is 2.47. The number of nitrogens with zero attached hydrogens (tertiary/aromatic N) is 2. The van der Waals surface area contributed by atoms with E-state index in [4.69, 9.17) is 4.74 Å². The molecular formula is C8H10N2O4. The van der Waals surface area contributed by atoms with Gasteiger partial charge in [0.15, 0.2) is 0 Å². The molecule has 0 saturated carbocycles. The molecule has 0 atom stereocenters. The molecule has 1 heterocycles. The Morgan fingerprint density at radius 2 is 2.29 bits per heavy atom. The zero-order valence-electron chi connectivity index (χ0n) is 7.89. The molecule has 0 fully saturated rings. The lowest BCUT2D eigenvalue weighted by atomic mass is 10.4. The van der Waals surface area contributed by atoms with Crippen LogP contribution >= 0.6 is 0 Å². The van der Waals surface area contributed by atoms with Gasteiger partial charge in [0.1, 0.15) is 0 Å². The topological polar surface area (TPSA) is 74.4 Å². The molecular weight excluding hydrogens is 188 g/mol. The molecule has 0 radical (unpaired) electrons. The largest absolute Gasteiger partial charge is 0.460 e. The Hall–Kier alpha value is -1.85. The minimum Gasteiger partial charge on any atom is -0.460 e. The summed E-state index contributed by atoms with van der Waals surface area (Å²) in [6.45, 7) is 1.92. The van der Waals surface area contributed by atoms with E-state index in [1.165, 1.54) is 23.7 Å². The van der Waals surface area contributed by atoms with E-state index in [-0.39, 0.29) is 18.1 Å². The van der Waals surface area contributed by atoms with Crippen molar-refractivity contribution in [2.75, 3.05) is 6.61 Å². The Balaban J connectivity index is 3.00. The second-order valence-electron chi connectivity index (χ2n) is 2.61. The minimum absolute atomic E-state index is 0.131. The SMILES string of the molecule is CCOC(=O)c1ccc([N+](=O)[O-])n1C. The summed E-state index contributed by atoms with van der Waals surface area (Å²) in [4.78, 5) is 21.1. The van der Waals surface area contributed by atoms with Gasteiger partial charge in [0.25, 0.3) is 0 Å². The number of carbonyl (C=O) groups excluding carboxylic acids is 1. The highest BCUT2D eigenvalue weighted by Gasteiger charge is 2.20. The molecule has 6 heteroatoms. The van der Waals surface area contributed by atoms with Crippen molar-refractivity contribution < 1.29 is 14.5 Å². The van der Waals surface area contributed by atoms with Gasteiger partial charge in [-0.1, -0.05) is 0 Å². The summed E-state index contributed by atoms with van der Waals surface area (Å²) >= 11 is 0. The molecule has 0 aliphatic heterocycles. The van der Waals surface area contributed by atoms with Crippen molar-refractivity contribution in [3.05, 3.63) is 27.9 Å². The maximum atomic E-state index is 11.2. The molecule has 1 aromatic heterocycles. The molecule has 14 heavy (non-hydrogen) atoms. The molecule has 0 amide bonds. The number of hydrogen-bond donors (Lipinski definition) is 0. The number of aromatic nitrogens is 1. The molecule has 0 aromatic carbocycles. The molecule has 6 nitrogen and oxygen atoms in total. The quantitative estimate of drug-likeness (QED) is 0.414. The summed E-state index contributed by atoms with van der Waals surface area (Å²) in [6.07, 6.45) is 0. The van der Waals surface area contributed by atoms with Crippen molar-refractivity contribution in [2.45, 2.75) is 6.92 Å². The third-order valence-electron chi connectivity index (χ3n) is 1.77. The van der Waals surface area contributed by atoms with E-state index in [0.717, 1.165) is 0 Å². The van der Waals surface area contributed by atoms with Crippen molar-refractivity contribution >= 4 is 11.8 Å². The number of rotatable bonds is 3. The maximum Gasteiger partial charge on any atom is 0.378 e. The molecule has 0 aliphatic carbocycles. The van der Waals surface area contributed by atoms with Crippen LogP contribution in [0.5, 0.6) is 0 Å². The summed E-state index contributed by atoms with van der Waals surface area (Å²) in [5.41, 5.74) is 0.179. The Bertz CT molecular complexity index is 369. The van der Waals surface area contributed by atoms with Gasteiger partial charge in [0.05, 0.1) is 13.7 Å². The van der Waals surface area contributed by atoms with Gasteiger partial charge in [0, 0.05) is 12.1 Å². The second kappa shape index (κ2) is 3.91. The Morgan fingerprint density at radius 3 is 2.71 bits per heavy atom. The van der Waals surface area contributed by atoms with Crippen LogP contribution in [0.2, 0.25) is 0 Å². The van der Waals surface area contributed by atoms with Gasteiger partial charge in [-0.2, -0.15) is 0 Å². The first-order valence-electron chi connectivity index (χ1n) is 4.05. The number of hydrogen-bond acceptors (Lipinski definition) is 4. The van der Waals surface area contributed by atoms with Crippen LogP contribution in [0, 0.1) is 10.1 Å². The first kappa shape index (κ1) is 10.2. The first-order valence-corrected chi connectivity index (χ1v) is 4.05. The highest BCUT2D eigenvalue weighted by molar-refractivity contribution is 5.88. The smallest absolute Gasteiger partial charge is 0.378 e. The number of esters is 1. The van der Waals surface area contributed by atoms with Crippen molar-refractivity contribution in [1.29, 1.82) is 0 Å². The molecule has 1 aromatic rings. The van der Waals surface area contributed by atoms with Gasteiger partial charge >= 0.3 is 11.8 Å². The number of carbonyl (C=O) groups is 1. The standard InChI is InChI=1S/C8H10N2O4/c1-3-14-8(11)6-4-5-7(9(6)2)10(12)13/h4-5H,3H2,1-2H3. The Morgan fingerprint density at radius 1 is 1.64 bits per heavy atom. The summed E-state index contributed by atoms with van der Waals surface area (Å²) in [7, 11) is 1.45. The summed E-state index contributed by atoms with van der Waals surface area (Å²) < 4.78 is 5.91. The summed E-state index contributed by atoms with van der Waals surface area (Å²) in [6, 6.07) is 2.64. The van der Waals surface area contributed by atoms with Crippen LogP contribution in [0.1, 0.15) is 17.4 Å². The van der Waals surface area contributed by atoms with Gasteiger partial charge in [-0.25, -0.2) is 9.36 Å². The van der Waals surface area contributed by atoms with Crippen LogP contribution in [-0.2, 0) is 11.8 Å². The van der Waals surface area contributed by atoms with Gasteiger partial charge in [-0.3, -0.25) is 0 Å². The van der Waals surface area contributed by atoms with Gasteiger partial charge in [0.2, 0.25) is 5.69 Å². The van der Waals surface area contributed by atoms with Crippen molar-refractivity contribution in [1.82, 2.24) is 4.57 Å². The van der Waals surface area contributed by atoms with Crippen LogP contribution in [0.4, 0.5) is 5.82 Å². The lowest BCUT2D eigenvalue weighted by Gasteiger charge is -1.99. The molecule has 0 aliphatic rings.